The number of benzene rings is 1. The summed E-state index contributed by atoms with van der Waals surface area (Å²) >= 11 is 0. The maximum Gasteiger partial charge on any atom is 0.410 e. The minimum atomic E-state index is -3.23. The second-order valence-electron chi connectivity index (χ2n) is 9.83. The van der Waals surface area contributed by atoms with Crippen molar-refractivity contribution < 1.29 is 17.9 Å². The number of aromatic nitrogens is 2. The number of hydrogen-bond acceptors (Lipinski definition) is 8. The third kappa shape index (κ3) is 5.55. The van der Waals surface area contributed by atoms with Gasteiger partial charge >= 0.3 is 6.09 Å². The number of fused-ring (bicyclic) bond motifs is 1. The van der Waals surface area contributed by atoms with E-state index in [2.05, 4.69) is 20.2 Å². The molecule has 1 aliphatic carbocycles. The molecule has 2 heterocycles. The largest absolute Gasteiger partial charge is 0.444 e. The molecule has 9 nitrogen and oxygen atoms in total. The molecule has 1 aromatic heterocycles. The van der Waals surface area contributed by atoms with E-state index in [4.69, 9.17) is 4.74 Å². The Hall–Kier alpha value is -2.88. The zero-order valence-electron chi connectivity index (χ0n) is 19.7. The smallest absolute Gasteiger partial charge is 0.410 e. The maximum absolute atomic E-state index is 12.2. The van der Waals surface area contributed by atoms with Gasteiger partial charge in [-0.1, -0.05) is 0 Å². The van der Waals surface area contributed by atoms with Crippen LogP contribution in [0.4, 0.5) is 22.1 Å². The summed E-state index contributed by atoms with van der Waals surface area (Å²) in [6.07, 6.45) is 4.15. The van der Waals surface area contributed by atoms with Gasteiger partial charge in [0.05, 0.1) is 4.90 Å². The summed E-state index contributed by atoms with van der Waals surface area (Å²) in [6, 6.07) is 7.38. The summed E-state index contributed by atoms with van der Waals surface area (Å²) in [5.41, 5.74) is 1.46. The molecular weight excluding hydrogens is 442 g/mol. The maximum atomic E-state index is 12.2. The van der Waals surface area contributed by atoms with E-state index < -0.39 is 15.4 Å². The van der Waals surface area contributed by atoms with Crippen molar-refractivity contribution in [1.82, 2.24) is 14.9 Å². The van der Waals surface area contributed by atoms with Gasteiger partial charge in [0.2, 0.25) is 0 Å². The first kappa shape index (κ1) is 23.3. The van der Waals surface area contributed by atoms with Gasteiger partial charge in [0.25, 0.3) is 0 Å². The van der Waals surface area contributed by atoms with Crippen molar-refractivity contribution in [2.75, 3.05) is 36.6 Å². The number of sulfone groups is 1. The normalized spacial score (nSPS) is 19.7. The molecule has 0 spiro atoms. The molecule has 2 atom stereocenters. The molecule has 0 radical (unpaired) electrons. The monoisotopic (exact) mass is 473 g/mol. The minimum Gasteiger partial charge on any atom is -0.444 e. The number of nitrogens with one attached hydrogen (secondary N) is 1. The van der Waals surface area contributed by atoms with Gasteiger partial charge in [-0.25, -0.2) is 23.2 Å². The Kier molecular flexibility index (Phi) is 5.98. The van der Waals surface area contributed by atoms with Gasteiger partial charge in [-0.2, -0.15) is 0 Å². The summed E-state index contributed by atoms with van der Waals surface area (Å²) in [4.78, 5) is 25.0. The molecule has 2 aliphatic rings. The molecule has 1 N–H and O–H groups in total. The summed E-state index contributed by atoms with van der Waals surface area (Å²) in [5, 5.41) is 3.44. The fraction of sp³-hybridized carbons (Fsp3) is 0.522. The van der Waals surface area contributed by atoms with E-state index >= 15 is 0 Å². The fourth-order valence-corrected chi connectivity index (χ4v) is 4.67. The topological polar surface area (TPSA) is 105 Å². The Labute approximate surface area is 195 Å². The van der Waals surface area contributed by atoms with Crippen LogP contribution in [0, 0.1) is 5.92 Å². The number of anilines is 3. The van der Waals surface area contributed by atoms with Gasteiger partial charge in [-0.3, -0.25) is 0 Å². The average molecular weight is 474 g/mol. The van der Waals surface area contributed by atoms with Crippen LogP contribution in [-0.2, 0) is 21.0 Å². The van der Waals surface area contributed by atoms with Crippen LogP contribution in [0.3, 0.4) is 0 Å². The summed E-state index contributed by atoms with van der Waals surface area (Å²) in [6.45, 7) is 6.92. The van der Waals surface area contributed by atoms with E-state index in [-0.39, 0.29) is 12.1 Å². The van der Waals surface area contributed by atoms with Gasteiger partial charge in [-0.15, -0.1) is 0 Å². The summed E-state index contributed by atoms with van der Waals surface area (Å²) < 4.78 is 29.1. The lowest BCUT2D eigenvalue weighted by atomic mass is 10.2. The molecule has 1 fully saturated rings. The number of carbonyl (C=O) groups excluding carboxylic acids is 1. The van der Waals surface area contributed by atoms with Gasteiger partial charge in [0.15, 0.2) is 9.84 Å². The molecule has 4 rings (SSSR count). The molecule has 1 amide bonds. The van der Waals surface area contributed by atoms with Crippen LogP contribution in [0.15, 0.2) is 35.5 Å². The third-order valence-electron chi connectivity index (χ3n) is 5.77. The van der Waals surface area contributed by atoms with Gasteiger partial charge < -0.3 is 19.9 Å². The first-order valence-corrected chi connectivity index (χ1v) is 12.9. The van der Waals surface area contributed by atoms with E-state index in [0.29, 0.717) is 17.4 Å². The Bertz CT molecular complexity index is 1160. The lowest BCUT2D eigenvalue weighted by Gasteiger charge is -2.24. The predicted octanol–water partition coefficient (Wildman–Crippen LogP) is 3.24. The standard InChI is InChI=1S/C23H31N5O4S/c1-23(2,3)32-22(29)27(4)13-16-11-18(16)26-20-12-21(25-14-24-20)28-9-8-15-10-17(33(5,30)31)6-7-19(15)28/h6-7,10,12,14,16,18H,8-9,11,13H2,1-5H3,(H,24,25,26). The van der Waals surface area contributed by atoms with Gasteiger partial charge in [-0.05, 0) is 63.3 Å². The second kappa shape index (κ2) is 8.48. The molecule has 2 unspecified atom stereocenters. The van der Waals surface area contributed by atoms with Crippen LogP contribution in [0.2, 0.25) is 0 Å². The molecule has 2 aromatic rings. The highest BCUT2D eigenvalue weighted by Crippen LogP contribution is 2.37. The lowest BCUT2D eigenvalue weighted by Crippen LogP contribution is -2.35. The molecule has 1 saturated carbocycles. The molecule has 33 heavy (non-hydrogen) atoms. The van der Waals surface area contributed by atoms with Crippen molar-refractivity contribution >= 4 is 33.3 Å². The van der Waals surface area contributed by atoms with Gasteiger partial charge in [0, 0.05) is 44.2 Å². The molecule has 1 aromatic carbocycles. The minimum absolute atomic E-state index is 0.237. The van der Waals surface area contributed by atoms with Crippen molar-refractivity contribution in [2.24, 2.45) is 5.92 Å². The molecule has 10 heteroatoms. The molecule has 178 valence electrons. The summed E-state index contributed by atoms with van der Waals surface area (Å²) in [7, 11) is -1.48. The fourth-order valence-electron chi connectivity index (χ4n) is 4.00. The highest BCUT2D eigenvalue weighted by atomic mass is 32.2. The number of amides is 1. The number of carbonyl (C=O) groups is 1. The van der Waals surface area contributed by atoms with Gasteiger partial charge in [0.1, 0.15) is 23.6 Å². The van der Waals surface area contributed by atoms with Crippen LogP contribution in [0.1, 0.15) is 32.8 Å². The van der Waals surface area contributed by atoms with E-state index in [9.17, 15) is 13.2 Å². The van der Waals surface area contributed by atoms with E-state index in [0.717, 1.165) is 42.3 Å². The molecular formula is C23H31N5O4S. The quantitative estimate of drug-likeness (QED) is 0.682. The van der Waals surface area contributed by atoms with Crippen molar-refractivity contribution in [2.45, 2.75) is 50.2 Å². The van der Waals surface area contributed by atoms with Crippen molar-refractivity contribution in [3.8, 4) is 0 Å². The highest BCUT2D eigenvalue weighted by Gasteiger charge is 2.39. The molecule has 0 bridgehead atoms. The van der Waals surface area contributed by atoms with Crippen LogP contribution in [0.5, 0.6) is 0 Å². The zero-order valence-corrected chi connectivity index (χ0v) is 20.5. The summed E-state index contributed by atoms with van der Waals surface area (Å²) in [5.74, 6) is 1.83. The SMILES string of the molecule is CN(CC1CC1Nc1cc(N2CCc3cc(S(C)(=O)=O)ccc32)ncn1)C(=O)OC(C)(C)C. The van der Waals surface area contributed by atoms with Crippen LogP contribution in [-0.4, -0.2) is 67.4 Å². The number of rotatable bonds is 6. The van der Waals surface area contributed by atoms with E-state index in [1.807, 2.05) is 32.9 Å². The predicted molar refractivity (Wildman–Crippen MR) is 127 cm³/mol. The number of hydrogen-bond donors (Lipinski definition) is 1. The lowest BCUT2D eigenvalue weighted by molar-refractivity contribution is 0.0291. The molecule has 1 aliphatic heterocycles. The van der Waals surface area contributed by atoms with Crippen molar-refractivity contribution in [3.05, 3.63) is 36.2 Å². The third-order valence-corrected chi connectivity index (χ3v) is 6.88. The van der Waals surface area contributed by atoms with Crippen LogP contribution >= 0.6 is 0 Å². The van der Waals surface area contributed by atoms with Crippen LogP contribution < -0.4 is 10.2 Å². The average Bonchev–Trinajstić information content (AvgIpc) is 3.28. The Morgan fingerprint density at radius 2 is 2.03 bits per heavy atom. The van der Waals surface area contributed by atoms with Crippen molar-refractivity contribution in [1.29, 1.82) is 0 Å². The van der Waals surface area contributed by atoms with E-state index in [1.54, 1.807) is 24.1 Å². The Morgan fingerprint density at radius 1 is 1.27 bits per heavy atom. The number of nitrogens with zero attached hydrogens (tertiary/aromatic N) is 4. The second-order valence-corrected chi connectivity index (χ2v) is 11.8. The zero-order chi connectivity index (χ0) is 24.0. The first-order chi connectivity index (χ1) is 15.4. The number of ether oxygens (including phenoxy) is 1. The highest BCUT2D eigenvalue weighted by molar-refractivity contribution is 7.90. The Balaban J connectivity index is 1.38. The van der Waals surface area contributed by atoms with Crippen molar-refractivity contribution in [3.63, 3.8) is 0 Å². The first-order valence-electron chi connectivity index (χ1n) is 11.0. The van der Waals surface area contributed by atoms with E-state index in [1.165, 1.54) is 12.6 Å². The Morgan fingerprint density at radius 3 is 2.73 bits per heavy atom. The van der Waals surface area contributed by atoms with Crippen LogP contribution in [0.25, 0.3) is 0 Å². The molecule has 0 saturated heterocycles.